The lowest BCUT2D eigenvalue weighted by Gasteiger charge is -2.09. The fraction of sp³-hybridized carbons (Fsp3) is 0.714. The lowest BCUT2D eigenvalue weighted by Crippen LogP contribution is -2.40. The Morgan fingerprint density at radius 3 is 2.69 bits per heavy atom. The highest BCUT2D eigenvalue weighted by atomic mass is 16.6. The van der Waals surface area contributed by atoms with Gasteiger partial charge < -0.3 is 10.8 Å². The van der Waals surface area contributed by atoms with E-state index in [1.165, 1.54) is 0 Å². The summed E-state index contributed by atoms with van der Waals surface area (Å²) in [6.07, 6.45) is -0.0189. The fourth-order valence-corrected chi connectivity index (χ4v) is 0.629. The highest BCUT2D eigenvalue weighted by molar-refractivity contribution is 5.81. The first kappa shape index (κ1) is 11.9. The number of hydrogen-bond acceptors (Lipinski definition) is 4. The second-order valence-corrected chi connectivity index (χ2v) is 2.44. The molecule has 0 saturated carbocycles. The number of carboxylic acids is 1. The van der Waals surface area contributed by atoms with Crippen molar-refractivity contribution in [1.29, 1.82) is 0 Å². The van der Waals surface area contributed by atoms with Gasteiger partial charge in [-0.25, -0.2) is 5.48 Å². The summed E-state index contributed by atoms with van der Waals surface area (Å²) in [6, 6.07) is -0.831. The van der Waals surface area contributed by atoms with Gasteiger partial charge in [-0.2, -0.15) is 0 Å². The van der Waals surface area contributed by atoms with E-state index in [1.807, 2.05) is 0 Å². The molecule has 1 unspecified atom stereocenters. The number of nitrogens with two attached hydrogens (primary N) is 1. The van der Waals surface area contributed by atoms with Crippen molar-refractivity contribution in [3.63, 3.8) is 0 Å². The molecular weight excluding hydrogens is 176 g/mol. The molecule has 1 atom stereocenters. The summed E-state index contributed by atoms with van der Waals surface area (Å²) < 4.78 is 0. The van der Waals surface area contributed by atoms with E-state index < -0.39 is 17.9 Å². The summed E-state index contributed by atoms with van der Waals surface area (Å²) in [5, 5.41) is 8.30. The zero-order valence-electron chi connectivity index (χ0n) is 7.45. The monoisotopic (exact) mass is 190 g/mol. The number of amides is 1. The minimum atomic E-state index is -0.973. The van der Waals surface area contributed by atoms with E-state index in [4.69, 9.17) is 10.8 Å². The van der Waals surface area contributed by atoms with Crippen LogP contribution in [0.5, 0.6) is 0 Å². The Labute approximate surface area is 76.0 Å². The molecule has 0 fully saturated rings. The smallest absolute Gasteiger partial charge is 0.303 e. The average molecular weight is 190 g/mol. The van der Waals surface area contributed by atoms with Crippen molar-refractivity contribution in [2.75, 3.05) is 6.61 Å². The van der Waals surface area contributed by atoms with Crippen LogP contribution >= 0.6 is 0 Å². The minimum Gasteiger partial charge on any atom is -0.481 e. The Morgan fingerprint density at radius 2 is 2.23 bits per heavy atom. The molecule has 0 spiro atoms. The van der Waals surface area contributed by atoms with Crippen LogP contribution in [-0.2, 0) is 14.4 Å². The molecule has 0 heterocycles. The maximum atomic E-state index is 11.0. The van der Waals surface area contributed by atoms with Gasteiger partial charge in [-0.05, 0) is 13.3 Å². The predicted molar refractivity (Wildman–Crippen MR) is 44.6 cm³/mol. The van der Waals surface area contributed by atoms with Crippen molar-refractivity contribution in [2.24, 2.45) is 5.73 Å². The topological polar surface area (TPSA) is 102 Å². The lowest BCUT2D eigenvalue weighted by atomic mass is 10.1. The molecule has 0 aromatic carbocycles. The number of nitrogens with one attached hydrogen (secondary N) is 1. The first-order valence-electron chi connectivity index (χ1n) is 3.97. The molecule has 0 rings (SSSR count). The predicted octanol–water partition coefficient (Wildman–Crippen LogP) is -0.754. The molecule has 0 aliphatic carbocycles. The molecule has 0 aliphatic heterocycles. The standard InChI is InChI=1S/C7H14N2O4/c1-2-13-9-7(12)5(8)3-4-6(10)11/h5H,2-4,8H2,1H3,(H,9,12)(H,10,11). The molecule has 13 heavy (non-hydrogen) atoms. The van der Waals surface area contributed by atoms with Gasteiger partial charge in [-0.3, -0.25) is 14.4 Å². The van der Waals surface area contributed by atoms with Crippen LogP contribution in [0.1, 0.15) is 19.8 Å². The van der Waals surface area contributed by atoms with E-state index in [1.54, 1.807) is 6.92 Å². The first-order chi connectivity index (χ1) is 6.07. The molecular formula is C7H14N2O4. The molecule has 1 amide bonds. The highest BCUT2D eigenvalue weighted by Crippen LogP contribution is 1.94. The van der Waals surface area contributed by atoms with Gasteiger partial charge in [-0.15, -0.1) is 0 Å². The maximum absolute atomic E-state index is 11.0. The number of rotatable bonds is 6. The van der Waals surface area contributed by atoms with Gasteiger partial charge in [0.2, 0.25) is 0 Å². The Bertz CT molecular complexity index is 183. The van der Waals surface area contributed by atoms with Gasteiger partial charge in [0, 0.05) is 6.42 Å². The minimum absolute atomic E-state index is 0.105. The SMILES string of the molecule is CCONC(=O)C(N)CCC(=O)O. The molecule has 0 aliphatic rings. The lowest BCUT2D eigenvalue weighted by molar-refractivity contribution is -0.138. The highest BCUT2D eigenvalue weighted by Gasteiger charge is 2.14. The van der Waals surface area contributed by atoms with Crippen LogP contribution in [-0.4, -0.2) is 29.6 Å². The third-order valence-corrected chi connectivity index (χ3v) is 1.32. The number of hydrogen-bond donors (Lipinski definition) is 3. The zero-order valence-corrected chi connectivity index (χ0v) is 7.45. The molecule has 0 aromatic rings. The van der Waals surface area contributed by atoms with Gasteiger partial charge in [0.25, 0.3) is 5.91 Å². The Morgan fingerprint density at radius 1 is 1.62 bits per heavy atom. The third kappa shape index (κ3) is 6.06. The van der Waals surface area contributed by atoms with Crippen molar-refractivity contribution in [3.8, 4) is 0 Å². The molecule has 6 nitrogen and oxygen atoms in total. The van der Waals surface area contributed by atoms with Gasteiger partial charge in [-0.1, -0.05) is 0 Å². The fourth-order valence-electron chi connectivity index (χ4n) is 0.629. The Balaban J connectivity index is 3.62. The van der Waals surface area contributed by atoms with Crippen LogP contribution in [0.25, 0.3) is 0 Å². The van der Waals surface area contributed by atoms with Crippen LogP contribution in [0, 0.1) is 0 Å². The molecule has 0 saturated heterocycles. The van der Waals surface area contributed by atoms with Crippen molar-refractivity contribution < 1.29 is 19.5 Å². The second-order valence-electron chi connectivity index (χ2n) is 2.44. The summed E-state index contributed by atoms with van der Waals surface area (Å²) in [5.74, 6) is -1.47. The molecule has 6 heteroatoms. The van der Waals surface area contributed by atoms with Crippen LogP contribution in [0.3, 0.4) is 0 Å². The Hall–Kier alpha value is -1.14. The number of carboxylic acid groups (broad SMARTS) is 1. The average Bonchev–Trinajstić information content (AvgIpc) is 2.10. The summed E-state index contributed by atoms with van der Waals surface area (Å²) in [6.45, 7) is 2.06. The van der Waals surface area contributed by atoms with Crippen molar-refractivity contribution in [2.45, 2.75) is 25.8 Å². The molecule has 0 aromatic heterocycles. The van der Waals surface area contributed by atoms with Crippen molar-refractivity contribution in [1.82, 2.24) is 5.48 Å². The second kappa shape index (κ2) is 6.38. The van der Waals surface area contributed by atoms with Crippen LogP contribution in [0.4, 0.5) is 0 Å². The Kier molecular flexibility index (Phi) is 5.82. The summed E-state index contributed by atoms with van der Waals surface area (Å²) in [5.41, 5.74) is 7.45. The van der Waals surface area contributed by atoms with E-state index in [2.05, 4.69) is 10.3 Å². The van der Waals surface area contributed by atoms with Crippen molar-refractivity contribution >= 4 is 11.9 Å². The number of aliphatic carboxylic acids is 1. The van der Waals surface area contributed by atoms with Crippen molar-refractivity contribution in [3.05, 3.63) is 0 Å². The van der Waals surface area contributed by atoms with Gasteiger partial charge in [0.15, 0.2) is 0 Å². The van der Waals surface area contributed by atoms with E-state index in [-0.39, 0.29) is 12.8 Å². The van der Waals surface area contributed by atoms with Crippen LogP contribution < -0.4 is 11.2 Å². The molecule has 76 valence electrons. The van der Waals surface area contributed by atoms with E-state index >= 15 is 0 Å². The van der Waals surface area contributed by atoms with E-state index in [0.717, 1.165) is 0 Å². The van der Waals surface area contributed by atoms with E-state index in [0.29, 0.717) is 6.61 Å². The first-order valence-corrected chi connectivity index (χ1v) is 3.97. The van der Waals surface area contributed by atoms with Crippen LogP contribution in [0.2, 0.25) is 0 Å². The quantitative estimate of drug-likeness (QED) is 0.478. The summed E-state index contributed by atoms with van der Waals surface area (Å²) in [7, 11) is 0. The van der Waals surface area contributed by atoms with Crippen LogP contribution in [0.15, 0.2) is 0 Å². The van der Waals surface area contributed by atoms with Gasteiger partial charge in [0.05, 0.1) is 12.6 Å². The van der Waals surface area contributed by atoms with E-state index in [9.17, 15) is 9.59 Å². The van der Waals surface area contributed by atoms with Gasteiger partial charge >= 0.3 is 5.97 Å². The molecule has 0 bridgehead atoms. The largest absolute Gasteiger partial charge is 0.481 e. The third-order valence-electron chi connectivity index (χ3n) is 1.32. The zero-order chi connectivity index (χ0) is 10.3. The number of carbonyl (C=O) groups excluding carboxylic acids is 1. The maximum Gasteiger partial charge on any atom is 0.303 e. The molecule has 0 radical (unpaired) electrons. The number of carbonyl (C=O) groups is 2. The number of hydroxylamine groups is 1. The molecule has 4 N–H and O–H groups in total. The summed E-state index contributed by atoms with van der Waals surface area (Å²) >= 11 is 0. The normalized spacial score (nSPS) is 12.2. The van der Waals surface area contributed by atoms with Gasteiger partial charge in [0.1, 0.15) is 0 Å². The summed E-state index contributed by atoms with van der Waals surface area (Å²) in [4.78, 5) is 25.7.